The van der Waals surface area contributed by atoms with Crippen molar-refractivity contribution in [2.75, 3.05) is 59.0 Å². The Morgan fingerprint density at radius 3 is 2.90 bits per heavy atom. The Kier molecular flexibility index (Phi) is 8.75. The van der Waals surface area contributed by atoms with E-state index in [0.29, 0.717) is 30.7 Å². The number of hydrogen-bond donors (Lipinski definition) is 1. The van der Waals surface area contributed by atoms with Crippen molar-refractivity contribution >= 4 is 11.8 Å². The van der Waals surface area contributed by atoms with Crippen LogP contribution in [0, 0.1) is 5.92 Å². The molecule has 3 rings (SSSR count). The molecule has 0 aromatic carbocycles. The number of likely N-dealkylation sites (tertiary alicyclic amines) is 1. The van der Waals surface area contributed by atoms with Crippen LogP contribution in [0.15, 0.2) is 0 Å². The van der Waals surface area contributed by atoms with E-state index in [9.17, 15) is 9.59 Å². The number of hydrogen-bond acceptors (Lipinski definition) is 5. The van der Waals surface area contributed by atoms with E-state index in [1.807, 2.05) is 11.8 Å². The summed E-state index contributed by atoms with van der Waals surface area (Å²) < 4.78 is 5.52. The van der Waals surface area contributed by atoms with Crippen molar-refractivity contribution in [3.8, 4) is 0 Å². The van der Waals surface area contributed by atoms with Crippen LogP contribution in [0.3, 0.4) is 0 Å². The molecule has 1 aliphatic carbocycles. The van der Waals surface area contributed by atoms with E-state index >= 15 is 0 Å². The zero-order chi connectivity index (χ0) is 20.6. The van der Waals surface area contributed by atoms with Gasteiger partial charge in [0.25, 0.3) is 0 Å². The predicted octanol–water partition coefficient (Wildman–Crippen LogP) is 1.96. The van der Waals surface area contributed by atoms with Crippen molar-refractivity contribution in [3.63, 3.8) is 0 Å². The summed E-state index contributed by atoms with van der Waals surface area (Å²) in [5.74, 6) is 0.792. The largest absolute Gasteiger partial charge is 0.380 e. The van der Waals surface area contributed by atoms with Gasteiger partial charge >= 0.3 is 6.03 Å². The van der Waals surface area contributed by atoms with E-state index < -0.39 is 0 Å². The fourth-order valence-corrected chi connectivity index (χ4v) is 5.26. The molecule has 7 nitrogen and oxygen atoms in total. The second-order valence-electron chi connectivity index (χ2n) is 8.87. The number of nitrogens with one attached hydrogen (secondary N) is 1. The van der Waals surface area contributed by atoms with Gasteiger partial charge < -0.3 is 15.0 Å². The first-order chi connectivity index (χ1) is 14.1. The van der Waals surface area contributed by atoms with E-state index in [2.05, 4.69) is 22.0 Å². The standard InChI is InChI=1S/C22H40N4O3/c1-3-8-26-17-19(15-18-16-20(27)6-7-21(18)26)23-22(28)25(4-2)11-10-24-9-5-13-29-14-12-24/h18-19,21H,3-17H2,1-2H3,(H,23,28)/t18-,19+,21-/m1/s1. The van der Waals surface area contributed by atoms with Crippen molar-refractivity contribution in [1.29, 1.82) is 0 Å². The van der Waals surface area contributed by atoms with Gasteiger partial charge in [-0.1, -0.05) is 6.92 Å². The molecule has 3 aliphatic rings. The zero-order valence-electron chi connectivity index (χ0n) is 18.4. The maximum absolute atomic E-state index is 13.0. The van der Waals surface area contributed by atoms with Gasteiger partial charge in [0.1, 0.15) is 5.78 Å². The van der Waals surface area contributed by atoms with Crippen LogP contribution in [-0.4, -0.2) is 97.6 Å². The third-order valence-electron chi connectivity index (χ3n) is 6.77. The van der Waals surface area contributed by atoms with Crippen molar-refractivity contribution in [2.45, 2.75) is 64.5 Å². The number of Topliss-reactive ketones (excluding diaryl/α,β-unsaturated/α-hetero) is 1. The topological polar surface area (TPSA) is 65.1 Å². The highest BCUT2D eigenvalue weighted by atomic mass is 16.5. The number of ketones is 1. The molecule has 1 saturated carbocycles. The molecule has 0 radical (unpaired) electrons. The highest BCUT2D eigenvalue weighted by Gasteiger charge is 2.39. The molecule has 0 unspecified atom stereocenters. The van der Waals surface area contributed by atoms with E-state index in [-0.39, 0.29) is 12.1 Å². The van der Waals surface area contributed by atoms with Gasteiger partial charge in [0, 0.05) is 70.8 Å². The number of carbonyl (C=O) groups excluding carboxylic acids is 2. The summed E-state index contributed by atoms with van der Waals surface area (Å²) in [5.41, 5.74) is 0. The van der Waals surface area contributed by atoms with Crippen LogP contribution in [-0.2, 0) is 9.53 Å². The third-order valence-corrected chi connectivity index (χ3v) is 6.77. The molecule has 2 saturated heterocycles. The fraction of sp³-hybridized carbons (Fsp3) is 0.909. The van der Waals surface area contributed by atoms with Gasteiger partial charge in [0.2, 0.25) is 0 Å². The van der Waals surface area contributed by atoms with Gasteiger partial charge in [-0.3, -0.25) is 14.6 Å². The molecule has 3 fully saturated rings. The smallest absolute Gasteiger partial charge is 0.317 e. The highest BCUT2D eigenvalue weighted by Crippen LogP contribution is 2.34. The molecule has 1 N–H and O–H groups in total. The molecule has 2 amide bonds. The van der Waals surface area contributed by atoms with Gasteiger partial charge in [0.15, 0.2) is 0 Å². The van der Waals surface area contributed by atoms with Crippen molar-refractivity contribution in [2.24, 2.45) is 5.92 Å². The lowest BCUT2D eigenvalue weighted by Crippen LogP contribution is -2.59. The molecule has 0 aromatic rings. The number of ether oxygens (including phenoxy) is 1. The number of urea groups is 1. The van der Waals surface area contributed by atoms with E-state index in [0.717, 1.165) is 84.6 Å². The Bertz CT molecular complexity index is 536. The number of piperidine rings is 1. The van der Waals surface area contributed by atoms with Gasteiger partial charge in [-0.05, 0) is 45.1 Å². The summed E-state index contributed by atoms with van der Waals surface area (Å²) in [6, 6.07) is 0.704. The third kappa shape index (κ3) is 6.40. The van der Waals surface area contributed by atoms with Crippen LogP contribution in [0.2, 0.25) is 0 Å². The van der Waals surface area contributed by atoms with Gasteiger partial charge in [-0.25, -0.2) is 4.79 Å². The normalized spacial score (nSPS) is 29.2. The molecule has 3 atom stereocenters. The number of fused-ring (bicyclic) bond motifs is 1. The number of nitrogens with zero attached hydrogens (tertiary/aromatic N) is 3. The molecular weight excluding hydrogens is 368 g/mol. The molecule has 0 aromatic heterocycles. The predicted molar refractivity (Wildman–Crippen MR) is 114 cm³/mol. The van der Waals surface area contributed by atoms with Crippen molar-refractivity contribution < 1.29 is 14.3 Å². The van der Waals surface area contributed by atoms with E-state index in [1.165, 1.54) is 0 Å². The quantitative estimate of drug-likeness (QED) is 0.698. The number of amides is 2. The second-order valence-corrected chi connectivity index (χ2v) is 8.87. The average Bonchev–Trinajstić information content (AvgIpc) is 2.97. The van der Waals surface area contributed by atoms with Crippen molar-refractivity contribution in [3.05, 3.63) is 0 Å². The monoisotopic (exact) mass is 408 g/mol. The van der Waals surface area contributed by atoms with Crippen LogP contribution in [0.1, 0.15) is 52.4 Å². The first-order valence-electron chi connectivity index (χ1n) is 11.7. The fourth-order valence-electron chi connectivity index (χ4n) is 5.26. The number of carbonyl (C=O) groups is 2. The van der Waals surface area contributed by atoms with Crippen molar-refractivity contribution in [1.82, 2.24) is 20.0 Å². The maximum atomic E-state index is 13.0. The minimum Gasteiger partial charge on any atom is -0.380 e. The Hall–Kier alpha value is -1.18. The Balaban J connectivity index is 1.52. The Labute approximate surface area is 176 Å². The molecule has 2 aliphatic heterocycles. The number of likely N-dealkylation sites (N-methyl/N-ethyl adjacent to an activating group) is 1. The van der Waals surface area contributed by atoms with Gasteiger partial charge in [0.05, 0.1) is 6.61 Å². The van der Waals surface area contributed by atoms with E-state index in [4.69, 9.17) is 4.74 Å². The molecule has 2 heterocycles. The Morgan fingerprint density at radius 1 is 1.24 bits per heavy atom. The van der Waals surface area contributed by atoms with Crippen LogP contribution in [0.4, 0.5) is 4.79 Å². The summed E-state index contributed by atoms with van der Waals surface area (Å²) in [6.45, 7) is 12.2. The minimum atomic E-state index is 0.0422. The van der Waals surface area contributed by atoms with Gasteiger partial charge in [-0.15, -0.1) is 0 Å². The van der Waals surface area contributed by atoms with E-state index in [1.54, 1.807) is 0 Å². The number of rotatable bonds is 7. The van der Waals surface area contributed by atoms with Crippen LogP contribution >= 0.6 is 0 Å². The lowest BCUT2D eigenvalue weighted by molar-refractivity contribution is -0.124. The summed E-state index contributed by atoms with van der Waals surface area (Å²) in [4.78, 5) is 31.8. The molecule has 0 spiro atoms. The van der Waals surface area contributed by atoms with Gasteiger partial charge in [-0.2, -0.15) is 0 Å². The SMILES string of the molecule is CCCN1C[C@@H](NC(=O)N(CC)CCN2CCCOCC2)C[C@@H]2CC(=O)CC[C@H]21. The van der Waals surface area contributed by atoms with Crippen LogP contribution < -0.4 is 5.32 Å². The lowest BCUT2D eigenvalue weighted by atomic mass is 9.76. The first kappa shape index (κ1) is 22.5. The zero-order valence-corrected chi connectivity index (χ0v) is 18.4. The summed E-state index contributed by atoms with van der Waals surface area (Å²) in [7, 11) is 0. The molecule has 0 bridgehead atoms. The molecule has 166 valence electrons. The van der Waals surface area contributed by atoms with Crippen LogP contribution in [0.25, 0.3) is 0 Å². The Morgan fingerprint density at radius 2 is 2.10 bits per heavy atom. The highest BCUT2D eigenvalue weighted by molar-refractivity contribution is 5.79. The lowest BCUT2D eigenvalue weighted by Gasteiger charge is -2.47. The minimum absolute atomic E-state index is 0.0422. The molecular formula is C22H40N4O3. The second kappa shape index (κ2) is 11.3. The summed E-state index contributed by atoms with van der Waals surface area (Å²) >= 11 is 0. The molecule has 29 heavy (non-hydrogen) atoms. The van der Waals surface area contributed by atoms with Crippen LogP contribution in [0.5, 0.6) is 0 Å². The summed E-state index contributed by atoms with van der Waals surface area (Å²) in [6.07, 6.45) is 5.51. The molecule has 7 heteroatoms. The average molecular weight is 409 g/mol. The first-order valence-corrected chi connectivity index (χ1v) is 11.7. The summed E-state index contributed by atoms with van der Waals surface area (Å²) in [5, 5.41) is 3.30. The maximum Gasteiger partial charge on any atom is 0.317 e.